The van der Waals surface area contributed by atoms with Crippen LogP contribution in [0.5, 0.6) is 0 Å². The largest absolute Gasteiger partial charge is 0.370 e. The molecule has 0 aliphatic carbocycles. The Morgan fingerprint density at radius 1 is 0.939 bits per heavy atom. The Balaban J connectivity index is 1.52. The van der Waals surface area contributed by atoms with Crippen molar-refractivity contribution in [2.24, 2.45) is 0 Å². The topological polar surface area (TPSA) is 61.4 Å². The fraction of sp³-hybridized carbons (Fsp3) is 0.250. The van der Waals surface area contributed by atoms with E-state index in [-0.39, 0.29) is 16.5 Å². The summed E-state index contributed by atoms with van der Waals surface area (Å²) in [6.07, 6.45) is 3.26. The lowest BCUT2D eigenvalue weighted by molar-refractivity contribution is 0.102. The molecule has 2 aromatic carbocycles. The van der Waals surface area contributed by atoms with Crippen LogP contribution in [-0.4, -0.2) is 24.9 Å². The molecule has 2 heterocycles. The van der Waals surface area contributed by atoms with Crippen molar-refractivity contribution in [2.45, 2.75) is 26.2 Å². The number of anilines is 3. The van der Waals surface area contributed by atoms with E-state index in [2.05, 4.69) is 15.5 Å². The number of halogens is 3. The van der Waals surface area contributed by atoms with Gasteiger partial charge >= 0.3 is 0 Å². The van der Waals surface area contributed by atoms with Gasteiger partial charge in [-0.3, -0.25) is 9.59 Å². The van der Waals surface area contributed by atoms with Crippen molar-refractivity contribution in [3.8, 4) is 0 Å². The molecular formula is C24H22ClF2N3O2S. The first-order chi connectivity index (χ1) is 15.8. The quantitative estimate of drug-likeness (QED) is 0.431. The molecule has 33 heavy (non-hydrogen) atoms. The number of nitrogens with zero attached hydrogens (tertiary/aromatic N) is 1. The molecular weight excluding hydrogens is 468 g/mol. The van der Waals surface area contributed by atoms with E-state index in [1.165, 1.54) is 18.2 Å². The Hall–Kier alpha value is -2.97. The standard InChI is InChI=1S/C24H22ClF2N3O2S/c1-14-11-21(29-23(31)17-7-5-15(26)12-18(17)25)33-22(14)24(32)28-19-13-16(27)6-8-20(19)30-9-3-2-4-10-30/h5-8,11-13H,2-4,9-10H2,1H3,(H,28,32)(H,29,31). The molecule has 0 radical (unpaired) electrons. The lowest BCUT2D eigenvalue weighted by atomic mass is 10.1. The molecule has 1 aliphatic rings. The molecule has 1 aromatic heterocycles. The van der Waals surface area contributed by atoms with Gasteiger partial charge in [-0.15, -0.1) is 11.3 Å². The molecule has 2 amide bonds. The third-order valence-electron chi connectivity index (χ3n) is 5.44. The second kappa shape index (κ2) is 9.89. The zero-order valence-corrected chi connectivity index (χ0v) is 19.5. The maximum Gasteiger partial charge on any atom is 0.266 e. The fourth-order valence-corrected chi connectivity index (χ4v) is 5.04. The first-order valence-corrected chi connectivity index (χ1v) is 11.7. The third-order valence-corrected chi connectivity index (χ3v) is 6.90. The highest BCUT2D eigenvalue weighted by molar-refractivity contribution is 7.18. The van der Waals surface area contributed by atoms with E-state index in [9.17, 15) is 18.4 Å². The summed E-state index contributed by atoms with van der Waals surface area (Å²) in [5.41, 5.74) is 1.99. The maximum absolute atomic E-state index is 14.0. The Kier molecular flexibility index (Phi) is 6.95. The van der Waals surface area contributed by atoms with Gasteiger partial charge in [0.1, 0.15) is 11.6 Å². The summed E-state index contributed by atoms with van der Waals surface area (Å²) in [6, 6.07) is 9.59. The number of hydrogen-bond acceptors (Lipinski definition) is 4. The van der Waals surface area contributed by atoms with Crippen molar-refractivity contribution in [3.05, 3.63) is 75.1 Å². The van der Waals surface area contributed by atoms with Crippen LogP contribution in [0.25, 0.3) is 0 Å². The molecule has 1 fully saturated rings. The highest BCUT2D eigenvalue weighted by Gasteiger charge is 2.20. The SMILES string of the molecule is Cc1cc(NC(=O)c2ccc(F)cc2Cl)sc1C(=O)Nc1cc(F)ccc1N1CCCCC1. The normalized spacial score (nSPS) is 13.6. The van der Waals surface area contributed by atoms with Gasteiger partial charge in [-0.2, -0.15) is 0 Å². The van der Waals surface area contributed by atoms with Gasteiger partial charge in [-0.05, 0) is 74.2 Å². The maximum atomic E-state index is 14.0. The number of thiophene rings is 1. The van der Waals surface area contributed by atoms with E-state index in [1.54, 1.807) is 19.1 Å². The molecule has 4 rings (SSSR count). The minimum absolute atomic E-state index is 0.00455. The number of rotatable bonds is 5. The van der Waals surface area contributed by atoms with Gasteiger partial charge in [0.15, 0.2) is 0 Å². The highest BCUT2D eigenvalue weighted by atomic mass is 35.5. The number of nitrogens with one attached hydrogen (secondary N) is 2. The summed E-state index contributed by atoms with van der Waals surface area (Å²) in [4.78, 5) is 28.1. The van der Waals surface area contributed by atoms with Gasteiger partial charge in [0.05, 0.1) is 31.8 Å². The highest BCUT2D eigenvalue weighted by Crippen LogP contribution is 2.32. The average Bonchev–Trinajstić information content (AvgIpc) is 3.14. The smallest absolute Gasteiger partial charge is 0.266 e. The Labute approximate surface area is 199 Å². The summed E-state index contributed by atoms with van der Waals surface area (Å²) in [5.74, 6) is -1.87. The zero-order chi connectivity index (χ0) is 23.5. The van der Waals surface area contributed by atoms with Crippen molar-refractivity contribution in [1.82, 2.24) is 0 Å². The van der Waals surface area contributed by atoms with E-state index in [4.69, 9.17) is 11.6 Å². The zero-order valence-electron chi connectivity index (χ0n) is 17.9. The number of hydrogen-bond donors (Lipinski definition) is 2. The molecule has 5 nitrogen and oxygen atoms in total. The molecule has 172 valence electrons. The Morgan fingerprint density at radius 2 is 1.64 bits per heavy atom. The van der Waals surface area contributed by atoms with Crippen molar-refractivity contribution in [3.63, 3.8) is 0 Å². The summed E-state index contributed by atoms with van der Waals surface area (Å²) in [6.45, 7) is 3.46. The summed E-state index contributed by atoms with van der Waals surface area (Å²) in [5, 5.41) is 5.97. The van der Waals surface area contributed by atoms with E-state index in [1.807, 2.05) is 0 Å². The molecule has 1 saturated heterocycles. The number of aryl methyl sites for hydroxylation is 1. The number of amides is 2. The predicted molar refractivity (Wildman–Crippen MR) is 129 cm³/mol. The molecule has 2 N–H and O–H groups in total. The lowest BCUT2D eigenvalue weighted by Crippen LogP contribution is -2.30. The monoisotopic (exact) mass is 489 g/mol. The van der Waals surface area contributed by atoms with Crippen LogP contribution in [0.2, 0.25) is 5.02 Å². The summed E-state index contributed by atoms with van der Waals surface area (Å²) < 4.78 is 27.2. The first-order valence-electron chi connectivity index (χ1n) is 10.5. The van der Waals surface area contributed by atoms with Crippen LogP contribution in [0.4, 0.5) is 25.2 Å². The van der Waals surface area contributed by atoms with Crippen LogP contribution in [0.1, 0.15) is 44.9 Å². The summed E-state index contributed by atoms with van der Waals surface area (Å²) >= 11 is 7.06. The van der Waals surface area contributed by atoms with E-state index < -0.39 is 17.5 Å². The number of carbonyl (C=O) groups is 2. The van der Waals surface area contributed by atoms with Crippen molar-refractivity contribution in [2.75, 3.05) is 28.6 Å². The molecule has 3 aromatic rings. The van der Waals surface area contributed by atoms with E-state index in [0.29, 0.717) is 21.1 Å². The van der Waals surface area contributed by atoms with Gasteiger partial charge < -0.3 is 15.5 Å². The van der Waals surface area contributed by atoms with E-state index >= 15 is 0 Å². The van der Waals surface area contributed by atoms with Crippen LogP contribution >= 0.6 is 22.9 Å². The molecule has 0 unspecified atom stereocenters. The number of carbonyl (C=O) groups excluding carboxylic acids is 2. The lowest BCUT2D eigenvalue weighted by Gasteiger charge is -2.30. The van der Waals surface area contributed by atoms with Crippen molar-refractivity contribution in [1.29, 1.82) is 0 Å². The average molecular weight is 490 g/mol. The third kappa shape index (κ3) is 5.34. The predicted octanol–water partition coefficient (Wildman–Crippen LogP) is 6.48. The number of benzene rings is 2. The molecule has 0 spiro atoms. The second-order valence-electron chi connectivity index (χ2n) is 7.86. The van der Waals surface area contributed by atoms with E-state index in [0.717, 1.165) is 61.5 Å². The minimum atomic E-state index is -0.538. The minimum Gasteiger partial charge on any atom is -0.370 e. The second-order valence-corrected chi connectivity index (χ2v) is 9.32. The van der Waals surface area contributed by atoms with Crippen molar-refractivity contribution >= 4 is 51.1 Å². The molecule has 9 heteroatoms. The van der Waals surface area contributed by atoms with Crippen LogP contribution in [0.3, 0.4) is 0 Å². The van der Waals surface area contributed by atoms with Crippen LogP contribution < -0.4 is 15.5 Å². The van der Waals surface area contributed by atoms with Gasteiger partial charge in [0.2, 0.25) is 0 Å². The van der Waals surface area contributed by atoms with Crippen molar-refractivity contribution < 1.29 is 18.4 Å². The van der Waals surface area contributed by atoms with Crippen LogP contribution in [0, 0.1) is 18.6 Å². The van der Waals surface area contributed by atoms with Gasteiger partial charge in [-0.25, -0.2) is 8.78 Å². The van der Waals surface area contributed by atoms with Gasteiger partial charge in [0, 0.05) is 13.1 Å². The first kappa shape index (κ1) is 23.2. The molecule has 1 aliphatic heterocycles. The summed E-state index contributed by atoms with van der Waals surface area (Å²) in [7, 11) is 0. The molecule has 0 saturated carbocycles. The van der Waals surface area contributed by atoms with Crippen LogP contribution in [0.15, 0.2) is 42.5 Å². The number of piperidine rings is 1. The fourth-order valence-electron chi connectivity index (χ4n) is 3.82. The Bertz CT molecular complexity index is 1210. The Morgan fingerprint density at radius 3 is 2.36 bits per heavy atom. The van der Waals surface area contributed by atoms with Gasteiger partial charge in [-0.1, -0.05) is 11.6 Å². The van der Waals surface area contributed by atoms with Crippen LogP contribution in [-0.2, 0) is 0 Å². The molecule has 0 atom stereocenters. The molecule has 0 bridgehead atoms. The van der Waals surface area contributed by atoms with Gasteiger partial charge in [0.25, 0.3) is 11.8 Å².